The van der Waals surface area contributed by atoms with Crippen LogP contribution in [-0.4, -0.2) is 20.1 Å². The summed E-state index contributed by atoms with van der Waals surface area (Å²) < 4.78 is 6.29. The number of thioether (sulfide) groups is 1. The molecule has 8 heteroatoms. The van der Waals surface area contributed by atoms with Gasteiger partial charge in [0.1, 0.15) is 5.69 Å². The van der Waals surface area contributed by atoms with E-state index >= 15 is 0 Å². The Labute approximate surface area is 167 Å². The number of aryl methyl sites for hydroxylation is 1. The lowest BCUT2D eigenvalue weighted by molar-refractivity contribution is 0.432. The Hall–Kier alpha value is -2.03. The minimum Gasteiger partial charge on any atom is -0.334 e. The van der Waals surface area contributed by atoms with Crippen LogP contribution in [0.2, 0.25) is 0 Å². The molecule has 0 saturated heterocycles. The average molecular weight is 445 g/mol. The van der Waals surface area contributed by atoms with E-state index in [0.29, 0.717) is 17.4 Å². The SMILES string of the molecule is Cc1nc(CSc2ccc(-c3nc(-c4ccc(Br)cn4)no3)cc2)cs1. The van der Waals surface area contributed by atoms with E-state index in [1.165, 1.54) is 4.90 Å². The highest BCUT2D eigenvalue weighted by Crippen LogP contribution is 2.27. The number of thiazole rings is 1. The zero-order valence-corrected chi connectivity index (χ0v) is 16.9. The highest BCUT2D eigenvalue weighted by atomic mass is 79.9. The molecule has 1 aromatic carbocycles. The Morgan fingerprint density at radius 2 is 1.96 bits per heavy atom. The van der Waals surface area contributed by atoms with Crippen molar-refractivity contribution in [3.05, 3.63) is 63.1 Å². The topological polar surface area (TPSA) is 64.7 Å². The van der Waals surface area contributed by atoms with Crippen LogP contribution in [-0.2, 0) is 5.75 Å². The number of halogens is 1. The molecule has 130 valence electrons. The molecule has 3 heterocycles. The predicted octanol–water partition coefficient (Wildman–Crippen LogP) is 5.62. The second-order valence-corrected chi connectivity index (χ2v) is 8.48. The van der Waals surface area contributed by atoms with Gasteiger partial charge in [-0.1, -0.05) is 5.16 Å². The third-order valence-electron chi connectivity index (χ3n) is 3.54. The van der Waals surface area contributed by atoms with E-state index in [1.54, 1.807) is 29.3 Å². The summed E-state index contributed by atoms with van der Waals surface area (Å²) in [6.45, 7) is 2.02. The molecule has 0 amide bonds. The number of pyridine rings is 1. The van der Waals surface area contributed by atoms with Crippen molar-refractivity contribution in [3.8, 4) is 23.0 Å². The number of aromatic nitrogens is 4. The van der Waals surface area contributed by atoms with Gasteiger partial charge in [0, 0.05) is 32.3 Å². The summed E-state index contributed by atoms with van der Waals surface area (Å²) in [5.41, 5.74) is 2.67. The van der Waals surface area contributed by atoms with Gasteiger partial charge in [0.2, 0.25) is 5.82 Å². The standard InChI is InChI=1S/C18H13BrN4OS2/c1-11-21-14(9-25-11)10-26-15-5-2-12(3-6-15)18-22-17(23-24-18)16-7-4-13(19)8-20-16/h2-9H,10H2,1H3. The second-order valence-electron chi connectivity index (χ2n) is 5.46. The molecule has 3 aromatic heterocycles. The molecule has 0 N–H and O–H groups in total. The van der Waals surface area contributed by atoms with Crippen molar-refractivity contribution in [1.29, 1.82) is 0 Å². The highest BCUT2D eigenvalue weighted by Gasteiger charge is 2.11. The third-order valence-corrected chi connectivity index (χ3v) is 5.87. The molecule has 4 aromatic rings. The summed E-state index contributed by atoms with van der Waals surface area (Å²) in [4.78, 5) is 14.4. The maximum Gasteiger partial charge on any atom is 0.258 e. The predicted molar refractivity (Wildman–Crippen MR) is 107 cm³/mol. The lowest BCUT2D eigenvalue weighted by atomic mass is 10.2. The van der Waals surface area contributed by atoms with E-state index in [-0.39, 0.29) is 0 Å². The fourth-order valence-electron chi connectivity index (χ4n) is 2.28. The maximum absolute atomic E-state index is 5.38. The fourth-order valence-corrected chi connectivity index (χ4v) is 4.02. The zero-order valence-electron chi connectivity index (χ0n) is 13.7. The van der Waals surface area contributed by atoms with Gasteiger partial charge in [-0.05, 0) is 59.3 Å². The molecule has 0 radical (unpaired) electrons. The van der Waals surface area contributed by atoms with Crippen LogP contribution >= 0.6 is 39.0 Å². The van der Waals surface area contributed by atoms with E-state index in [4.69, 9.17) is 4.52 Å². The first-order chi connectivity index (χ1) is 12.7. The first-order valence-electron chi connectivity index (χ1n) is 7.77. The molecule has 0 atom stereocenters. The summed E-state index contributed by atoms with van der Waals surface area (Å²) in [7, 11) is 0. The van der Waals surface area contributed by atoms with Gasteiger partial charge in [-0.25, -0.2) is 4.98 Å². The highest BCUT2D eigenvalue weighted by molar-refractivity contribution is 9.10. The van der Waals surface area contributed by atoms with Crippen LogP contribution in [0.4, 0.5) is 0 Å². The quantitative estimate of drug-likeness (QED) is 0.372. The number of nitrogens with zero attached hydrogens (tertiary/aromatic N) is 4. The Balaban J connectivity index is 1.46. The van der Waals surface area contributed by atoms with Gasteiger partial charge in [-0.2, -0.15) is 4.98 Å². The molecule has 26 heavy (non-hydrogen) atoms. The van der Waals surface area contributed by atoms with Crippen LogP contribution in [0.15, 0.2) is 61.9 Å². The van der Waals surface area contributed by atoms with E-state index in [9.17, 15) is 0 Å². The van der Waals surface area contributed by atoms with Gasteiger partial charge in [0.05, 0.1) is 10.7 Å². The van der Waals surface area contributed by atoms with Crippen molar-refractivity contribution in [2.45, 2.75) is 17.6 Å². The smallest absolute Gasteiger partial charge is 0.258 e. The Morgan fingerprint density at radius 3 is 2.65 bits per heavy atom. The lowest BCUT2D eigenvalue weighted by Crippen LogP contribution is -1.85. The maximum atomic E-state index is 5.38. The summed E-state index contributed by atoms with van der Waals surface area (Å²) in [5.74, 6) is 1.82. The fraction of sp³-hybridized carbons (Fsp3) is 0.111. The van der Waals surface area contributed by atoms with E-state index in [0.717, 1.165) is 26.5 Å². The molecule has 0 unspecified atom stereocenters. The van der Waals surface area contributed by atoms with E-state index in [1.807, 2.05) is 31.2 Å². The molecule has 0 bridgehead atoms. The lowest BCUT2D eigenvalue weighted by Gasteiger charge is -2.00. The van der Waals surface area contributed by atoms with Gasteiger partial charge in [-0.3, -0.25) is 4.98 Å². The van der Waals surface area contributed by atoms with Gasteiger partial charge >= 0.3 is 0 Å². The van der Waals surface area contributed by atoms with Crippen LogP contribution in [0.5, 0.6) is 0 Å². The molecular weight excluding hydrogens is 432 g/mol. The first-order valence-corrected chi connectivity index (χ1v) is 10.4. The number of benzene rings is 1. The molecular formula is C18H13BrN4OS2. The monoisotopic (exact) mass is 444 g/mol. The molecule has 4 rings (SSSR count). The largest absolute Gasteiger partial charge is 0.334 e. The van der Waals surface area contributed by atoms with E-state index in [2.05, 4.69) is 53.6 Å². The van der Waals surface area contributed by atoms with Crippen molar-refractivity contribution in [2.24, 2.45) is 0 Å². The van der Waals surface area contributed by atoms with Gasteiger partial charge in [0.15, 0.2) is 0 Å². The van der Waals surface area contributed by atoms with Crippen molar-refractivity contribution in [2.75, 3.05) is 0 Å². The van der Waals surface area contributed by atoms with Crippen molar-refractivity contribution in [1.82, 2.24) is 20.1 Å². The number of rotatable bonds is 5. The average Bonchev–Trinajstić information content (AvgIpc) is 3.30. The minimum atomic E-state index is 0.477. The van der Waals surface area contributed by atoms with Gasteiger partial charge in [0.25, 0.3) is 5.89 Å². The summed E-state index contributed by atoms with van der Waals surface area (Å²) in [6, 6.07) is 11.8. The van der Waals surface area contributed by atoms with Crippen LogP contribution in [0.1, 0.15) is 10.7 Å². The third kappa shape index (κ3) is 4.03. The number of hydrogen-bond acceptors (Lipinski definition) is 7. The van der Waals surface area contributed by atoms with Crippen LogP contribution in [0.3, 0.4) is 0 Å². The summed E-state index contributed by atoms with van der Waals surface area (Å²) >= 11 is 6.80. The number of hydrogen-bond donors (Lipinski definition) is 0. The van der Waals surface area contributed by atoms with Crippen LogP contribution in [0, 0.1) is 6.92 Å². The van der Waals surface area contributed by atoms with Crippen molar-refractivity contribution >= 4 is 39.0 Å². The molecule has 0 saturated carbocycles. The molecule has 5 nitrogen and oxygen atoms in total. The zero-order chi connectivity index (χ0) is 17.9. The van der Waals surface area contributed by atoms with Gasteiger partial charge < -0.3 is 4.52 Å². The Bertz CT molecular complexity index is 1010. The molecule has 0 fully saturated rings. The second kappa shape index (κ2) is 7.69. The normalized spacial score (nSPS) is 11.0. The Morgan fingerprint density at radius 1 is 1.12 bits per heavy atom. The van der Waals surface area contributed by atoms with Crippen LogP contribution in [0.25, 0.3) is 23.0 Å². The molecule has 0 aliphatic carbocycles. The Kier molecular flexibility index (Phi) is 5.14. The van der Waals surface area contributed by atoms with Crippen molar-refractivity contribution in [3.63, 3.8) is 0 Å². The minimum absolute atomic E-state index is 0.477. The molecule has 0 spiro atoms. The first kappa shape index (κ1) is 17.4. The van der Waals surface area contributed by atoms with Gasteiger partial charge in [-0.15, -0.1) is 23.1 Å². The van der Waals surface area contributed by atoms with E-state index < -0.39 is 0 Å². The van der Waals surface area contributed by atoms with Crippen molar-refractivity contribution < 1.29 is 4.52 Å². The summed E-state index contributed by atoms with van der Waals surface area (Å²) in [5, 5.41) is 7.22. The molecule has 0 aliphatic heterocycles. The molecule has 0 aliphatic rings. The summed E-state index contributed by atoms with van der Waals surface area (Å²) in [6.07, 6.45) is 1.71. The van der Waals surface area contributed by atoms with Crippen LogP contribution < -0.4 is 0 Å².